The van der Waals surface area contributed by atoms with E-state index < -0.39 is 6.55 Å². The number of hydrogen-bond donors (Lipinski definition) is 0. The molecular weight excluding hydrogens is 275 g/mol. The first-order chi connectivity index (χ1) is 10.9. The predicted molar refractivity (Wildman–Crippen MR) is 86.5 cm³/mol. The van der Waals surface area contributed by atoms with Crippen molar-refractivity contribution in [2.24, 2.45) is 5.10 Å². The molecule has 0 fully saturated rings. The van der Waals surface area contributed by atoms with Gasteiger partial charge >= 0.3 is 6.55 Å². The molecule has 0 N–H and O–H groups in total. The minimum atomic E-state index is -1.65. The van der Waals surface area contributed by atoms with Crippen LogP contribution in [0.15, 0.2) is 72.4 Å². The highest BCUT2D eigenvalue weighted by atomic mass is 15.5. The third-order valence-electron chi connectivity index (χ3n) is 4.02. The van der Waals surface area contributed by atoms with Gasteiger partial charge in [-0.3, -0.25) is 4.60 Å². The zero-order valence-corrected chi connectivity index (χ0v) is 12.0. The van der Waals surface area contributed by atoms with E-state index in [0.717, 1.165) is 11.9 Å². The molecule has 6 nitrogen and oxygen atoms in total. The second-order valence-corrected chi connectivity index (χ2v) is 5.21. The van der Waals surface area contributed by atoms with Crippen molar-refractivity contribution in [2.75, 3.05) is 0 Å². The molecular formula is C15H15BN6. The van der Waals surface area contributed by atoms with Gasteiger partial charge in [-0.15, -0.1) is 0 Å². The summed E-state index contributed by atoms with van der Waals surface area (Å²) in [7, 11) is 0. The van der Waals surface area contributed by atoms with Crippen molar-refractivity contribution in [1.82, 2.24) is 19.4 Å². The van der Waals surface area contributed by atoms with Gasteiger partial charge in [0.25, 0.3) is 0 Å². The molecule has 3 aromatic rings. The van der Waals surface area contributed by atoms with Gasteiger partial charge in [0.05, 0.1) is 12.6 Å². The Bertz CT molecular complexity index is 771. The molecule has 108 valence electrons. The smallest absolute Gasteiger partial charge is 0.351 e. The minimum Gasteiger partial charge on any atom is -0.351 e. The number of aromatic nitrogens is 4. The Morgan fingerprint density at radius 3 is 2.09 bits per heavy atom. The standard InChI is InChI=1S/C15H15BN6/c1-2-7-15(8-3-1)16(20-12-4-9-17-20,21-13-5-10-18-21)22-14-6-11-19-22/h1-5,7-14H,6H2. The summed E-state index contributed by atoms with van der Waals surface area (Å²) in [5, 5.41) is 13.6. The first-order valence-electron chi connectivity index (χ1n) is 7.27. The summed E-state index contributed by atoms with van der Waals surface area (Å²) in [5.74, 6) is 0. The average Bonchev–Trinajstić information content (AvgIpc) is 3.34. The van der Waals surface area contributed by atoms with E-state index in [4.69, 9.17) is 0 Å². The van der Waals surface area contributed by atoms with Crippen molar-refractivity contribution in [3.63, 3.8) is 0 Å². The number of benzene rings is 1. The second kappa shape index (κ2) is 5.11. The van der Waals surface area contributed by atoms with Gasteiger partial charge in [-0.2, -0.15) is 0 Å². The second-order valence-electron chi connectivity index (χ2n) is 5.21. The van der Waals surface area contributed by atoms with Gasteiger partial charge in [-0.1, -0.05) is 40.9 Å². The maximum Gasteiger partial charge on any atom is 0.567 e. The monoisotopic (exact) mass is 290 g/mol. The van der Waals surface area contributed by atoms with Crippen molar-refractivity contribution >= 4 is 24.4 Å². The maximum atomic E-state index is 4.56. The fourth-order valence-corrected chi connectivity index (χ4v) is 3.10. The van der Waals surface area contributed by atoms with Crippen LogP contribution in [0.1, 0.15) is 6.42 Å². The molecule has 2 aromatic heterocycles. The molecule has 0 saturated heterocycles. The third kappa shape index (κ3) is 1.75. The van der Waals surface area contributed by atoms with Crippen LogP contribution in [0.25, 0.3) is 0 Å². The maximum absolute atomic E-state index is 4.56. The molecule has 0 unspecified atom stereocenters. The van der Waals surface area contributed by atoms with Gasteiger partial charge in [0.1, 0.15) is 6.21 Å². The normalized spacial score (nSPS) is 14.3. The summed E-state index contributed by atoms with van der Waals surface area (Å²) >= 11 is 0. The Hall–Kier alpha value is -2.96. The number of hydrogen-bond acceptors (Lipinski definition) is 3. The van der Waals surface area contributed by atoms with E-state index in [2.05, 4.69) is 33.6 Å². The molecule has 1 aromatic carbocycles. The summed E-state index contributed by atoms with van der Waals surface area (Å²) in [6, 6.07) is 14.1. The van der Waals surface area contributed by atoms with Crippen LogP contribution in [-0.2, 0) is 0 Å². The fraction of sp³-hybridized carbons (Fsp3) is 0.0667. The van der Waals surface area contributed by atoms with Crippen LogP contribution in [0.2, 0.25) is 0 Å². The van der Waals surface area contributed by atoms with Crippen LogP contribution >= 0.6 is 0 Å². The molecule has 0 radical (unpaired) electrons. The molecule has 22 heavy (non-hydrogen) atoms. The molecule has 0 aliphatic carbocycles. The summed E-state index contributed by atoms with van der Waals surface area (Å²) in [5.41, 5.74) is 1.09. The predicted octanol–water partition coefficient (Wildman–Crippen LogP) is 0.795. The van der Waals surface area contributed by atoms with Crippen molar-refractivity contribution in [3.05, 3.63) is 67.3 Å². The molecule has 0 atom stereocenters. The SMILES string of the molecule is C1=N[N+]([B-](c2ccccc2)(n2cccn2)n2cccn2)=CC1. The lowest BCUT2D eigenvalue weighted by molar-refractivity contribution is -0.401. The molecule has 1 aliphatic rings. The summed E-state index contributed by atoms with van der Waals surface area (Å²) in [6.45, 7) is -1.65. The fourth-order valence-electron chi connectivity index (χ4n) is 3.10. The third-order valence-corrected chi connectivity index (χ3v) is 4.02. The van der Waals surface area contributed by atoms with Crippen LogP contribution in [-0.4, -0.2) is 43.0 Å². The van der Waals surface area contributed by atoms with Gasteiger partial charge in [0.2, 0.25) is 0 Å². The van der Waals surface area contributed by atoms with Crippen molar-refractivity contribution in [1.29, 1.82) is 0 Å². The van der Waals surface area contributed by atoms with Crippen LogP contribution in [0.5, 0.6) is 0 Å². The highest BCUT2D eigenvalue weighted by Crippen LogP contribution is 2.13. The van der Waals surface area contributed by atoms with E-state index >= 15 is 0 Å². The lowest BCUT2D eigenvalue weighted by Crippen LogP contribution is -2.68. The lowest BCUT2D eigenvalue weighted by atomic mass is 9.53. The quantitative estimate of drug-likeness (QED) is 0.667. The molecule has 0 amide bonds. The molecule has 7 heteroatoms. The zero-order valence-electron chi connectivity index (χ0n) is 12.0. The molecule has 3 heterocycles. The van der Waals surface area contributed by atoms with Crippen molar-refractivity contribution < 1.29 is 4.60 Å². The first kappa shape index (κ1) is 12.8. The van der Waals surface area contributed by atoms with Gasteiger partial charge in [-0.05, 0) is 24.5 Å². The van der Waals surface area contributed by atoms with Gasteiger partial charge in [-0.25, -0.2) is 10.2 Å². The Balaban J connectivity index is 2.07. The molecule has 0 saturated carbocycles. The van der Waals surface area contributed by atoms with E-state index in [1.54, 1.807) is 12.4 Å². The van der Waals surface area contributed by atoms with E-state index in [1.807, 2.05) is 62.7 Å². The van der Waals surface area contributed by atoms with E-state index in [9.17, 15) is 0 Å². The van der Waals surface area contributed by atoms with Gasteiger partial charge in [0.15, 0.2) is 0 Å². The van der Waals surface area contributed by atoms with Crippen molar-refractivity contribution in [2.45, 2.75) is 6.42 Å². The summed E-state index contributed by atoms with van der Waals surface area (Å²) in [6.07, 6.45) is 12.2. The summed E-state index contributed by atoms with van der Waals surface area (Å²) in [4.78, 5) is 0. The van der Waals surface area contributed by atoms with E-state index in [-0.39, 0.29) is 0 Å². The van der Waals surface area contributed by atoms with E-state index in [0.29, 0.717) is 0 Å². The first-order valence-corrected chi connectivity index (χ1v) is 7.27. The molecule has 1 aliphatic heterocycles. The topological polar surface area (TPSA) is 51.0 Å². The zero-order chi connectivity index (χ0) is 14.8. The molecule has 4 rings (SSSR count). The largest absolute Gasteiger partial charge is 0.567 e. The molecule has 0 spiro atoms. The van der Waals surface area contributed by atoms with Gasteiger partial charge < -0.3 is 9.19 Å². The van der Waals surface area contributed by atoms with Crippen LogP contribution in [0.4, 0.5) is 0 Å². The average molecular weight is 290 g/mol. The van der Waals surface area contributed by atoms with E-state index in [1.165, 1.54) is 0 Å². The molecule has 0 bridgehead atoms. The highest BCUT2D eigenvalue weighted by Gasteiger charge is 2.49. The lowest BCUT2D eigenvalue weighted by Gasteiger charge is -2.33. The van der Waals surface area contributed by atoms with Crippen LogP contribution in [0, 0.1) is 0 Å². The Morgan fingerprint density at radius 1 is 0.909 bits per heavy atom. The van der Waals surface area contributed by atoms with Crippen LogP contribution in [0.3, 0.4) is 0 Å². The Kier molecular flexibility index (Phi) is 2.96. The minimum absolute atomic E-state index is 0.804. The highest BCUT2D eigenvalue weighted by molar-refractivity contribution is 6.82. The number of hydrazone groups is 1. The Morgan fingerprint density at radius 2 is 1.59 bits per heavy atom. The van der Waals surface area contributed by atoms with Gasteiger partial charge in [0, 0.05) is 12.4 Å². The number of rotatable bonds is 4. The van der Waals surface area contributed by atoms with Crippen molar-refractivity contribution in [3.8, 4) is 0 Å². The number of nitrogens with zero attached hydrogens (tertiary/aromatic N) is 6. The summed E-state index contributed by atoms with van der Waals surface area (Å²) < 4.78 is 5.83. The Labute approximate surface area is 128 Å². The van der Waals surface area contributed by atoms with Crippen LogP contribution < -0.4 is 5.46 Å².